The first-order chi connectivity index (χ1) is 16.5. The number of hydrogen-bond donors (Lipinski definition) is 2. The molecule has 7 heteroatoms. The number of benzene rings is 4. The van der Waals surface area contributed by atoms with E-state index in [-0.39, 0.29) is 0 Å². The summed E-state index contributed by atoms with van der Waals surface area (Å²) in [5, 5.41) is 9.40. The predicted molar refractivity (Wildman–Crippen MR) is 137 cm³/mol. The topological polar surface area (TPSA) is 72.0 Å². The number of urea groups is 1. The lowest BCUT2D eigenvalue weighted by Crippen LogP contribution is -2.24. The molecule has 0 spiro atoms. The Morgan fingerprint density at radius 3 is 2.62 bits per heavy atom. The van der Waals surface area contributed by atoms with Gasteiger partial charge in [0.15, 0.2) is 11.5 Å². The molecule has 0 aliphatic heterocycles. The molecule has 34 heavy (non-hydrogen) atoms. The number of hydrazone groups is 1. The lowest BCUT2D eigenvalue weighted by atomic mass is 10.1. The summed E-state index contributed by atoms with van der Waals surface area (Å²) in [5.74, 6) is 0.915. The van der Waals surface area contributed by atoms with Crippen LogP contribution in [0.2, 0.25) is 5.02 Å². The van der Waals surface area contributed by atoms with Gasteiger partial charge in [-0.05, 0) is 52.6 Å². The highest BCUT2D eigenvalue weighted by Gasteiger charge is 2.13. The Hall–Kier alpha value is -4.03. The van der Waals surface area contributed by atoms with Crippen molar-refractivity contribution in [2.45, 2.75) is 13.5 Å². The number of rotatable bonds is 7. The van der Waals surface area contributed by atoms with Crippen molar-refractivity contribution in [2.75, 3.05) is 12.4 Å². The van der Waals surface area contributed by atoms with Crippen LogP contribution in [0.15, 0.2) is 84.0 Å². The highest BCUT2D eigenvalue weighted by molar-refractivity contribution is 6.32. The highest BCUT2D eigenvalue weighted by atomic mass is 35.5. The Kier molecular flexibility index (Phi) is 7.30. The summed E-state index contributed by atoms with van der Waals surface area (Å²) in [5.41, 5.74) is 5.81. The lowest BCUT2D eigenvalue weighted by Gasteiger charge is -2.14. The Bertz CT molecular complexity index is 1350. The van der Waals surface area contributed by atoms with Gasteiger partial charge in [0, 0.05) is 5.69 Å². The molecule has 0 saturated carbocycles. The van der Waals surface area contributed by atoms with Gasteiger partial charge in [0.05, 0.1) is 18.3 Å². The summed E-state index contributed by atoms with van der Waals surface area (Å²) in [7, 11) is 1.55. The van der Waals surface area contributed by atoms with E-state index >= 15 is 0 Å². The molecular weight excluding hydrogens is 450 g/mol. The van der Waals surface area contributed by atoms with Crippen LogP contribution in [-0.2, 0) is 6.61 Å². The maximum Gasteiger partial charge on any atom is 0.339 e. The first-order valence-corrected chi connectivity index (χ1v) is 11.1. The molecule has 2 N–H and O–H groups in total. The van der Waals surface area contributed by atoms with Crippen LogP contribution in [0.4, 0.5) is 10.5 Å². The molecule has 0 radical (unpaired) electrons. The largest absolute Gasteiger partial charge is 0.493 e. The Morgan fingerprint density at radius 1 is 1.03 bits per heavy atom. The molecule has 0 bridgehead atoms. The number of aryl methyl sites for hydroxylation is 1. The summed E-state index contributed by atoms with van der Waals surface area (Å²) in [4.78, 5) is 12.1. The maximum atomic E-state index is 12.1. The normalized spacial score (nSPS) is 10.9. The number of para-hydroxylation sites is 1. The third kappa shape index (κ3) is 5.47. The molecule has 4 rings (SSSR count). The minimum atomic E-state index is -0.446. The number of halogens is 1. The van der Waals surface area contributed by atoms with Gasteiger partial charge in [-0.1, -0.05) is 72.3 Å². The monoisotopic (exact) mass is 473 g/mol. The van der Waals surface area contributed by atoms with Crippen molar-refractivity contribution in [3.63, 3.8) is 0 Å². The Labute approximate surface area is 203 Å². The quantitative estimate of drug-likeness (QED) is 0.236. The van der Waals surface area contributed by atoms with Crippen LogP contribution < -0.4 is 20.2 Å². The predicted octanol–water partition coefficient (Wildman–Crippen LogP) is 6.54. The average molecular weight is 474 g/mol. The van der Waals surface area contributed by atoms with Gasteiger partial charge in [0.2, 0.25) is 0 Å². The van der Waals surface area contributed by atoms with Gasteiger partial charge in [-0.2, -0.15) is 5.10 Å². The van der Waals surface area contributed by atoms with Gasteiger partial charge >= 0.3 is 6.03 Å². The van der Waals surface area contributed by atoms with Crippen molar-refractivity contribution in [3.8, 4) is 11.5 Å². The van der Waals surface area contributed by atoms with Gasteiger partial charge in [0.25, 0.3) is 0 Å². The minimum Gasteiger partial charge on any atom is -0.493 e. The molecule has 2 amide bonds. The number of carbonyl (C=O) groups excluding carboxylic acids is 1. The molecule has 0 fully saturated rings. The lowest BCUT2D eigenvalue weighted by molar-refractivity contribution is 0.252. The van der Waals surface area contributed by atoms with E-state index in [4.69, 9.17) is 21.1 Å². The third-order valence-electron chi connectivity index (χ3n) is 5.28. The standard InChI is InChI=1S/C27H24ClN3O3/c1-18-8-3-6-13-24(18)30-27(32)31-29-16-19-14-23(28)26(25(15-19)33-2)34-17-21-11-7-10-20-9-4-5-12-22(20)21/h3-16H,17H2,1-2H3,(H2,30,31,32). The Morgan fingerprint density at radius 2 is 1.79 bits per heavy atom. The van der Waals surface area contributed by atoms with Crippen LogP contribution in [0, 0.1) is 6.92 Å². The van der Waals surface area contributed by atoms with E-state index in [0.29, 0.717) is 34.4 Å². The number of nitrogens with zero attached hydrogens (tertiary/aromatic N) is 1. The molecular formula is C27H24ClN3O3. The van der Waals surface area contributed by atoms with Crippen LogP contribution in [0.5, 0.6) is 11.5 Å². The second-order valence-corrected chi connectivity index (χ2v) is 8.01. The van der Waals surface area contributed by atoms with Crippen LogP contribution in [0.3, 0.4) is 0 Å². The van der Waals surface area contributed by atoms with Crippen LogP contribution in [0.25, 0.3) is 10.8 Å². The summed E-state index contributed by atoms with van der Waals surface area (Å²) in [6, 6.07) is 24.7. The van der Waals surface area contributed by atoms with Gasteiger partial charge in [0.1, 0.15) is 6.61 Å². The third-order valence-corrected chi connectivity index (χ3v) is 5.56. The maximum absolute atomic E-state index is 12.1. The fourth-order valence-electron chi connectivity index (χ4n) is 3.55. The molecule has 0 aliphatic rings. The van der Waals surface area contributed by atoms with E-state index < -0.39 is 6.03 Å². The summed E-state index contributed by atoms with van der Waals surface area (Å²) < 4.78 is 11.5. The van der Waals surface area contributed by atoms with E-state index in [1.807, 2.05) is 55.5 Å². The molecule has 172 valence electrons. The van der Waals surface area contributed by atoms with E-state index in [1.54, 1.807) is 19.2 Å². The van der Waals surface area contributed by atoms with E-state index in [2.05, 4.69) is 34.0 Å². The smallest absolute Gasteiger partial charge is 0.339 e. The molecule has 6 nitrogen and oxygen atoms in total. The summed E-state index contributed by atoms with van der Waals surface area (Å²) in [6.07, 6.45) is 1.49. The highest BCUT2D eigenvalue weighted by Crippen LogP contribution is 2.37. The first-order valence-electron chi connectivity index (χ1n) is 10.7. The molecule has 0 heterocycles. The zero-order chi connectivity index (χ0) is 23.9. The van der Waals surface area contributed by atoms with Crippen LogP contribution in [-0.4, -0.2) is 19.4 Å². The fourth-order valence-corrected chi connectivity index (χ4v) is 3.83. The Balaban J connectivity index is 1.44. The number of carbonyl (C=O) groups is 1. The summed E-state index contributed by atoms with van der Waals surface area (Å²) in [6.45, 7) is 2.25. The van der Waals surface area contributed by atoms with Gasteiger partial charge in [-0.15, -0.1) is 0 Å². The number of methoxy groups -OCH3 is 1. The van der Waals surface area contributed by atoms with Gasteiger partial charge in [-0.3, -0.25) is 0 Å². The van der Waals surface area contributed by atoms with Crippen molar-refractivity contribution in [1.82, 2.24) is 5.43 Å². The molecule has 0 atom stereocenters. The second-order valence-electron chi connectivity index (χ2n) is 7.60. The molecule has 4 aromatic carbocycles. The van der Waals surface area contributed by atoms with Crippen molar-refractivity contribution in [3.05, 3.63) is 101 Å². The number of hydrogen-bond acceptors (Lipinski definition) is 4. The van der Waals surface area contributed by atoms with E-state index in [9.17, 15) is 4.79 Å². The summed E-state index contributed by atoms with van der Waals surface area (Å²) >= 11 is 6.50. The van der Waals surface area contributed by atoms with Crippen molar-refractivity contribution in [2.24, 2.45) is 5.10 Å². The molecule has 4 aromatic rings. The van der Waals surface area contributed by atoms with Crippen molar-refractivity contribution >= 4 is 40.3 Å². The molecule has 0 aromatic heterocycles. The number of fused-ring (bicyclic) bond motifs is 1. The zero-order valence-electron chi connectivity index (χ0n) is 18.8. The van der Waals surface area contributed by atoms with Crippen LogP contribution in [0.1, 0.15) is 16.7 Å². The van der Waals surface area contributed by atoms with Gasteiger partial charge in [-0.25, -0.2) is 10.2 Å². The second kappa shape index (κ2) is 10.7. The zero-order valence-corrected chi connectivity index (χ0v) is 19.6. The van der Waals surface area contributed by atoms with Crippen LogP contribution >= 0.6 is 11.6 Å². The molecule has 0 saturated heterocycles. The first kappa shape index (κ1) is 23.1. The average Bonchev–Trinajstić information content (AvgIpc) is 2.84. The minimum absolute atomic E-state index is 0.339. The number of amides is 2. The van der Waals surface area contributed by atoms with E-state index in [0.717, 1.165) is 21.9 Å². The van der Waals surface area contributed by atoms with Crippen molar-refractivity contribution < 1.29 is 14.3 Å². The SMILES string of the molecule is COc1cc(C=NNC(=O)Nc2ccccc2C)cc(Cl)c1OCc1cccc2ccccc12. The number of ether oxygens (including phenoxy) is 2. The number of anilines is 1. The number of nitrogens with one attached hydrogen (secondary N) is 2. The van der Waals surface area contributed by atoms with Gasteiger partial charge < -0.3 is 14.8 Å². The fraction of sp³-hybridized carbons (Fsp3) is 0.111. The molecule has 0 aliphatic carbocycles. The van der Waals surface area contributed by atoms with E-state index in [1.165, 1.54) is 6.21 Å². The molecule has 0 unspecified atom stereocenters. The van der Waals surface area contributed by atoms with Crippen molar-refractivity contribution in [1.29, 1.82) is 0 Å².